The third-order valence-electron chi connectivity index (χ3n) is 4.65. The molecule has 36 heavy (non-hydrogen) atoms. The number of nitrogens with zero attached hydrogens (tertiary/aromatic N) is 5. The number of ether oxygens (including phenoxy) is 2. The Balaban J connectivity index is 2.63. The van der Waals surface area contributed by atoms with Crippen molar-refractivity contribution in [1.82, 2.24) is 0 Å². The zero-order valence-corrected chi connectivity index (χ0v) is 20.6. The van der Waals surface area contributed by atoms with E-state index in [9.17, 15) is 29.8 Å². The molecule has 2 aromatic rings. The maximum atomic E-state index is 12.0. The van der Waals surface area contributed by atoms with Crippen LogP contribution in [0.1, 0.15) is 20.8 Å². The number of non-ortho nitro benzene ring substituents is 1. The number of carbonyl (C=O) groups excluding carboxylic acids is 2. The van der Waals surface area contributed by atoms with Crippen LogP contribution in [0.25, 0.3) is 0 Å². The summed E-state index contributed by atoms with van der Waals surface area (Å²) >= 11 is 6.02. The van der Waals surface area contributed by atoms with Gasteiger partial charge in [0.25, 0.3) is 5.69 Å². The molecule has 0 aliphatic rings. The van der Waals surface area contributed by atoms with Gasteiger partial charge in [0.1, 0.15) is 18.0 Å². The average molecular weight is 523 g/mol. The number of amides is 1. The minimum Gasteiger partial charge on any atom is -0.494 e. The van der Waals surface area contributed by atoms with Gasteiger partial charge >= 0.3 is 11.7 Å². The summed E-state index contributed by atoms with van der Waals surface area (Å²) in [6.45, 7) is 5.26. The van der Waals surface area contributed by atoms with Crippen molar-refractivity contribution in [2.24, 2.45) is 10.2 Å². The number of benzene rings is 2. The van der Waals surface area contributed by atoms with Crippen molar-refractivity contribution in [3.63, 3.8) is 0 Å². The first kappa shape index (κ1) is 27.9. The largest absolute Gasteiger partial charge is 0.494 e. The number of azo groups is 1. The molecule has 2 rings (SSSR count). The Bertz CT molecular complexity index is 1220. The number of hydrogen-bond acceptors (Lipinski definition) is 11. The van der Waals surface area contributed by atoms with E-state index in [1.54, 1.807) is 18.7 Å². The lowest BCUT2D eigenvalue weighted by molar-refractivity contribution is -0.393. The van der Waals surface area contributed by atoms with Crippen molar-refractivity contribution in [1.29, 1.82) is 0 Å². The predicted octanol–water partition coefficient (Wildman–Crippen LogP) is 4.93. The van der Waals surface area contributed by atoms with Crippen molar-refractivity contribution in [3.8, 4) is 5.75 Å². The minimum absolute atomic E-state index is 0.0432. The Labute approximate surface area is 210 Å². The molecule has 14 nitrogen and oxygen atoms in total. The summed E-state index contributed by atoms with van der Waals surface area (Å²) in [6, 6.07) is 4.54. The molecule has 1 amide bonds. The number of likely N-dealkylation sites (N-methyl/N-ethyl adjacent to an activating group) is 1. The minimum atomic E-state index is -0.875. The first-order valence-electron chi connectivity index (χ1n) is 10.5. The molecule has 15 heteroatoms. The van der Waals surface area contributed by atoms with Gasteiger partial charge in [-0.05, 0) is 19.9 Å². The van der Waals surface area contributed by atoms with E-state index in [0.717, 1.165) is 6.07 Å². The lowest BCUT2D eigenvalue weighted by atomic mass is 10.2. The zero-order chi connectivity index (χ0) is 27.0. The molecule has 0 spiro atoms. The van der Waals surface area contributed by atoms with Gasteiger partial charge in [-0.3, -0.25) is 29.8 Å². The van der Waals surface area contributed by atoms with Crippen LogP contribution in [0.3, 0.4) is 0 Å². The van der Waals surface area contributed by atoms with Gasteiger partial charge in [-0.15, -0.1) is 10.2 Å². The SMILES string of the molecule is CCOC(=O)CN(CC)c1cc(NC(C)=O)c(N=Nc2c(Cl)cc([N+](=O)[O-])cc2[N+](=O)[O-])cc1OC. The van der Waals surface area contributed by atoms with Crippen molar-refractivity contribution < 1.29 is 28.9 Å². The number of carbonyl (C=O) groups is 2. The van der Waals surface area contributed by atoms with Crippen LogP contribution in [-0.4, -0.2) is 48.5 Å². The molecule has 0 saturated heterocycles. The molecule has 192 valence electrons. The molecular formula is C21H23ClN6O8. The summed E-state index contributed by atoms with van der Waals surface area (Å²) in [5.41, 5.74) is -1.09. The summed E-state index contributed by atoms with van der Waals surface area (Å²) in [5, 5.41) is 32.6. The molecule has 0 saturated carbocycles. The van der Waals surface area contributed by atoms with Gasteiger partial charge in [0.05, 0.1) is 46.0 Å². The second-order valence-corrected chi connectivity index (χ2v) is 7.46. The summed E-state index contributed by atoms with van der Waals surface area (Å²) in [7, 11) is 1.38. The van der Waals surface area contributed by atoms with Crippen LogP contribution < -0.4 is 15.0 Å². The smallest absolute Gasteiger partial charge is 0.325 e. The van der Waals surface area contributed by atoms with Crippen molar-refractivity contribution in [2.45, 2.75) is 20.8 Å². The molecule has 0 aliphatic carbocycles. The van der Waals surface area contributed by atoms with Gasteiger partial charge in [0, 0.05) is 25.6 Å². The molecule has 1 N–H and O–H groups in total. The second kappa shape index (κ2) is 12.4. The van der Waals surface area contributed by atoms with Gasteiger partial charge in [-0.2, -0.15) is 0 Å². The molecule has 0 radical (unpaired) electrons. The first-order valence-corrected chi connectivity index (χ1v) is 10.8. The van der Waals surface area contributed by atoms with E-state index in [1.807, 2.05) is 0 Å². The highest BCUT2D eigenvalue weighted by atomic mass is 35.5. The number of nitro groups is 2. The van der Waals surface area contributed by atoms with Crippen LogP contribution >= 0.6 is 11.6 Å². The topological polar surface area (TPSA) is 179 Å². The van der Waals surface area contributed by atoms with Crippen molar-refractivity contribution in [3.05, 3.63) is 49.5 Å². The van der Waals surface area contributed by atoms with Crippen LogP contribution in [0.4, 0.5) is 34.1 Å². The van der Waals surface area contributed by atoms with Crippen LogP contribution in [-0.2, 0) is 14.3 Å². The van der Waals surface area contributed by atoms with Gasteiger partial charge in [-0.1, -0.05) is 11.6 Å². The van der Waals surface area contributed by atoms with Gasteiger partial charge in [0.2, 0.25) is 5.91 Å². The molecular weight excluding hydrogens is 500 g/mol. The fourth-order valence-corrected chi connectivity index (χ4v) is 3.34. The number of rotatable bonds is 11. The first-order chi connectivity index (χ1) is 17.0. The normalized spacial score (nSPS) is 10.7. The van der Waals surface area contributed by atoms with E-state index < -0.39 is 38.8 Å². The predicted molar refractivity (Wildman–Crippen MR) is 131 cm³/mol. The molecule has 0 bridgehead atoms. The molecule has 0 aliphatic heterocycles. The van der Waals surface area contributed by atoms with Crippen LogP contribution in [0.5, 0.6) is 5.75 Å². The van der Waals surface area contributed by atoms with Gasteiger partial charge < -0.3 is 19.7 Å². The number of nitrogens with one attached hydrogen (secondary N) is 1. The summed E-state index contributed by atoms with van der Waals surface area (Å²) in [5.74, 6) is -0.657. The second-order valence-electron chi connectivity index (χ2n) is 7.05. The lowest BCUT2D eigenvalue weighted by Gasteiger charge is -2.25. The summed E-state index contributed by atoms with van der Waals surface area (Å²) in [4.78, 5) is 46.3. The maximum Gasteiger partial charge on any atom is 0.325 e. The number of methoxy groups -OCH3 is 1. The third kappa shape index (κ3) is 6.85. The van der Waals surface area contributed by atoms with E-state index in [4.69, 9.17) is 21.1 Å². The van der Waals surface area contributed by atoms with E-state index >= 15 is 0 Å². The van der Waals surface area contributed by atoms with Crippen LogP contribution in [0.2, 0.25) is 5.02 Å². The molecule has 0 fully saturated rings. The Morgan fingerprint density at radius 1 is 1.11 bits per heavy atom. The van der Waals surface area contributed by atoms with Crippen molar-refractivity contribution >= 4 is 57.6 Å². The van der Waals surface area contributed by atoms with Crippen LogP contribution in [0, 0.1) is 20.2 Å². The third-order valence-corrected chi connectivity index (χ3v) is 4.94. The lowest BCUT2D eigenvalue weighted by Crippen LogP contribution is -2.31. The zero-order valence-electron chi connectivity index (χ0n) is 19.8. The summed E-state index contributed by atoms with van der Waals surface area (Å²) in [6.07, 6.45) is 0. The average Bonchev–Trinajstić information content (AvgIpc) is 2.81. The highest BCUT2D eigenvalue weighted by Crippen LogP contribution is 2.42. The Hall–Kier alpha value is -4.33. The molecule has 2 aromatic carbocycles. The summed E-state index contributed by atoms with van der Waals surface area (Å²) < 4.78 is 10.4. The van der Waals surface area contributed by atoms with Crippen LogP contribution in [0.15, 0.2) is 34.5 Å². The van der Waals surface area contributed by atoms with E-state index in [-0.39, 0.29) is 35.3 Å². The highest BCUT2D eigenvalue weighted by Gasteiger charge is 2.24. The standard InChI is InChI=1S/C21H23ClN6O8/c1-5-26(11-20(30)36-6-2)17-9-15(23-12(3)29)16(10-19(17)35-4)24-25-21-14(22)7-13(27(31)32)8-18(21)28(33)34/h7-10H,5-6,11H2,1-4H3,(H,23,29). The van der Waals surface area contributed by atoms with E-state index in [2.05, 4.69) is 15.5 Å². The molecule has 0 aromatic heterocycles. The highest BCUT2D eigenvalue weighted by molar-refractivity contribution is 6.33. The number of nitro benzene ring substituents is 2. The fourth-order valence-electron chi connectivity index (χ4n) is 3.09. The maximum absolute atomic E-state index is 12.0. The molecule has 0 unspecified atom stereocenters. The number of esters is 1. The Morgan fingerprint density at radius 2 is 1.81 bits per heavy atom. The number of anilines is 2. The molecule has 0 atom stereocenters. The quantitative estimate of drug-likeness (QED) is 0.185. The monoisotopic (exact) mass is 522 g/mol. The fraction of sp³-hybridized carbons (Fsp3) is 0.333. The molecule has 0 heterocycles. The Kier molecular flexibility index (Phi) is 9.61. The Morgan fingerprint density at radius 3 is 2.33 bits per heavy atom. The van der Waals surface area contributed by atoms with E-state index in [0.29, 0.717) is 18.3 Å². The number of halogens is 1. The van der Waals surface area contributed by atoms with Gasteiger partial charge in [0.15, 0.2) is 5.69 Å². The van der Waals surface area contributed by atoms with Gasteiger partial charge in [-0.25, -0.2) is 0 Å². The van der Waals surface area contributed by atoms with E-state index in [1.165, 1.54) is 26.2 Å². The van der Waals surface area contributed by atoms with Crippen molar-refractivity contribution in [2.75, 3.05) is 37.0 Å². The number of hydrogen-bond donors (Lipinski definition) is 1.